The monoisotopic (exact) mass is 494 g/mol. The van der Waals surface area contributed by atoms with Crippen LogP contribution in [0.1, 0.15) is 81.0 Å². The fraction of sp³-hybridized carbons (Fsp3) is 0.600. The lowest BCUT2D eigenvalue weighted by atomic mass is 9.65. The number of rotatable bonds is 8. The van der Waals surface area contributed by atoms with Gasteiger partial charge in [-0.1, -0.05) is 31.4 Å². The predicted octanol–water partition coefficient (Wildman–Crippen LogP) is 4.78. The van der Waals surface area contributed by atoms with Gasteiger partial charge in [0.05, 0.1) is 12.2 Å². The smallest absolute Gasteiger partial charge is 0.142 e. The summed E-state index contributed by atoms with van der Waals surface area (Å²) < 4.78 is 12.2. The van der Waals surface area contributed by atoms with Crippen molar-refractivity contribution >= 4 is 0 Å². The van der Waals surface area contributed by atoms with Gasteiger partial charge in [0.1, 0.15) is 25.0 Å². The van der Waals surface area contributed by atoms with Gasteiger partial charge < -0.3 is 19.7 Å². The summed E-state index contributed by atoms with van der Waals surface area (Å²) in [6.45, 7) is 8.26. The Labute approximate surface area is 215 Å². The number of hydrogen-bond donors (Lipinski definition) is 2. The highest BCUT2D eigenvalue weighted by Gasteiger charge is 2.37. The molecule has 0 radical (unpaired) electrons. The summed E-state index contributed by atoms with van der Waals surface area (Å²) in [5.74, 6) is 1.98. The summed E-state index contributed by atoms with van der Waals surface area (Å²) in [4.78, 5) is 4.56. The van der Waals surface area contributed by atoms with E-state index in [-0.39, 0.29) is 17.6 Å². The van der Waals surface area contributed by atoms with E-state index < -0.39 is 0 Å². The van der Waals surface area contributed by atoms with E-state index in [9.17, 15) is 10.2 Å². The van der Waals surface area contributed by atoms with Crippen molar-refractivity contribution in [2.24, 2.45) is 0 Å². The average Bonchev–Trinajstić information content (AvgIpc) is 2.90. The molecule has 2 aromatic rings. The number of nitrogens with zero attached hydrogens (tertiary/aromatic N) is 2. The summed E-state index contributed by atoms with van der Waals surface area (Å²) in [6, 6.07) is 13.7. The molecule has 2 atom stereocenters. The first-order chi connectivity index (χ1) is 17.4. The number of hydrogen-bond acceptors (Lipinski definition) is 6. The Morgan fingerprint density at radius 2 is 1.22 bits per heavy atom. The molecule has 1 aliphatic carbocycles. The third kappa shape index (κ3) is 5.57. The molecule has 0 saturated heterocycles. The third-order valence-corrected chi connectivity index (χ3v) is 8.25. The maximum Gasteiger partial charge on any atom is 0.142 e. The standard InChI is InChI=1S/C30H42N2O4/c1-22(33)10-14-31-18-24-16-26(6-8-28(24)35-20-31)30(12-4-3-5-13-30)27-7-9-29-25(17-27)19-32(21-36-29)15-11-23(2)34/h6-9,16-17,22-23,33-34H,3-5,10-15,18-21H2,1-2H3. The highest BCUT2D eigenvalue weighted by molar-refractivity contribution is 5.49. The molecule has 2 N–H and O–H groups in total. The molecule has 2 aliphatic heterocycles. The van der Waals surface area contributed by atoms with E-state index in [0.717, 1.165) is 63.4 Å². The average molecular weight is 495 g/mol. The van der Waals surface area contributed by atoms with Crippen LogP contribution in [-0.2, 0) is 18.5 Å². The van der Waals surface area contributed by atoms with E-state index in [1.807, 2.05) is 13.8 Å². The molecule has 0 spiro atoms. The molecular formula is C30H42N2O4. The van der Waals surface area contributed by atoms with E-state index in [2.05, 4.69) is 46.2 Å². The lowest BCUT2D eigenvalue weighted by Gasteiger charge is -2.40. The second-order valence-corrected chi connectivity index (χ2v) is 11.2. The van der Waals surface area contributed by atoms with Crippen LogP contribution in [-0.4, -0.2) is 58.8 Å². The molecule has 1 fully saturated rings. The Bertz CT molecular complexity index is 956. The zero-order valence-corrected chi connectivity index (χ0v) is 21.9. The number of aliphatic hydroxyl groups is 2. The van der Waals surface area contributed by atoms with Crippen molar-refractivity contribution in [3.05, 3.63) is 58.7 Å². The van der Waals surface area contributed by atoms with Gasteiger partial charge in [0.15, 0.2) is 0 Å². The van der Waals surface area contributed by atoms with Crippen LogP contribution in [0.15, 0.2) is 36.4 Å². The molecule has 2 unspecified atom stereocenters. The topological polar surface area (TPSA) is 65.4 Å². The quantitative estimate of drug-likeness (QED) is 0.551. The number of benzene rings is 2. The first-order valence-electron chi connectivity index (χ1n) is 13.8. The van der Waals surface area contributed by atoms with Crippen molar-refractivity contribution in [2.75, 3.05) is 26.6 Å². The van der Waals surface area contributed by atoms with Gasteiger partial charge >= 0.3 is 0 Å². The van der Waals surface area contributed by atoms with Crippen LogP contribution in [0.5, 0.6) is 11.5 Å². The van der Waals surface area contributed by atoms with Gasteiger partial charge in [-0.25, -0.2) is 0 Å². The molecular weight excluding hydrogens is 452 g/mol. The van der Waals surface area contributed by atoms with Gasteiger partial charge in [-0.2, -0.15) is 0 Å². The highest BCUT2D eigenvalue weighted by atomic mass is 16.5. The molecule has 0 bridgehead atoms. The summed E-state index contributed by atoms with van der Waals surface area (Å²) in [5.41, 5.74) is 5.29. The molecule has 2 aromatic carbocycles. The maximum atomic E-state index is 9.72. The van der Waals surface area contributed by atoms with Crippen molar-refractivity contribution in [3.63, 3.8) is 0 Å². The minimum absolute atomic E-state index is 0.00604. The van der Waals surface area contributed by atoms with Crippen molar-refractivity contribution in [1.82, 2.24) is 9.80 Å². The summed E-state index contributed by atoms with van der Waals surface area (Å²) in [6.07, 6.45) is 7.02. The Hall–Kier alpha value is -2.12. The largest absolute Gasteiger partial charge is 0.478 e. The van der Waals surface area contributed by atoms with Gasteiger partial charge in [0.25, 0.3) is 0 Å². The van der Waals surface area contributed by atoms with E-state index in [4.69, 9.17) is 9.47 Å². The van der Waals surface area contributed by atoms with Gasteiger partial charge in [0, 0.05) is 42.7 Å². The summed E-state index contributed by atoms with van der Waals surface area (Å²) in [7, 11) is 0. The van der Waals surface area contributed by atoms with Gasteiger partial charge in [-0.05, 0) is 74.9 Å². The Balaban J connectivity index is 1.42. The zero-order valence-electron chi connectivity index (χ0n) is 21.9. The maximum absolute atomic E-state index is 9.72. The Morgan fingerprint density at radius 3 is 1.67 bits per heavy atom. The molecule has 6 nitrogen and oxygen atoms in total. The molecule has 0 amide bonds. The Kier molecular flexibility index (Phi) is 7.87. The molecule has 5 rings (SSSR count). The van der Waals surface area contributed by atoms with Crippen LogP contribution in [0, 0.1) is 0 Å². The van der Waals surface area contributed by atoms with Crippen molar-refractivity contribution in [1.29, 1.82) is 0 Å². The summed E-state index contributed by atoms with van der Waals surface area (Å²) in [5, 5.41) is 19.4. The van der Waals surface area contributed by atoms with Crippen LogP contribution in [0.25, 0.3) is 0 Å². The van der Waals surface area contributed by atoms with E-state index in [1.54, 1.807) is 0 Å². The fourth-order valence-electron chi connectivity index (χ4n) is 6.10. The first-order valence-corrected chi connectivity index (χ1v) is 13.8. The van der Waals surface area contributed by atoms with Crippen molar-refractivity contribution in [3.8, 4) is 11.5 Å². The molecule has 3 aliphatic rings. The SMILES string of the molecule is CC(O)CCN1COc2ccc(C3(c4ccc5c(c4)CN(CCC(C)O)CO5)CCCCC3)cc2C1. The highest BCUT2D eigenvalue weighted by Crippen LogP contribution is 2.47. The predicted molar refractivity (Wildman–Crippen MR) is 141 cm³/mol. The molecule has 2 heterocycles. The molecule has 6 heteroatoms. The van der Waals surface area contributed by atoms with Crippen LogP contribution < -0.4 is 9.47 Å². The Morgan fingerprint density at radius 1 is 0.750 bits per heavy atom. The van der Waals surface area contributed by atoms with Gasteiger partial charge in [0.2, 0.25) is 0 Å². The first kappa shape index (κ1) is 25.5. The van der Waals surface area contributed by atoms with Crippen molar-refractivity contribution in [2.45, 2.75) is 89.5 Å². The van der Waals surface area contributed by atoms with Crippen molar-refractivity contribution < 1.29 is 19.7 Å². The second-order valence-electron chi connectivity index (χ2n) is 11.2. The summed E-state index contributed by atoms with van der Waals surface area (Å²) >= 11 is 0. The zero-order chi connectivity index (χ0) is 25.1. The van der Waals surface area contributed by atoms with Crippen LogP contribution in [0.3, 0.4) is 0 Å². The second kappa shape index (κ2) is 11.1. The van der Waals surface area contributed by atoms with Crippen LogP contribution in [0.2, 0.25) is 0 Å². The molecule has 36 heavy (non-hydrogen) atoms. The van der Waals surface area contributed by atoms with Gasteiger partial charge in [-0.3, -0.25) is 9.80 Å². The lowest BCUT2D eigenvalue weighted by Crippen LogP contribution is -2.36. The van der Waals surface area contributed by atoms with E-state index in [1.165, 1.54) is 41.5 Å². The normalized spacial score (nSPS) is 21.6. The molecule has 196 valence electrons. The fourth-order valence-corrected chi connectivity index (χ4v) is 6.10. The van der Waals surface area contributed by atoms with Crippen LogP contribution in [0.4, 0.5) is 0 Å². The number of fused-ring (bicyclic) bond motifs is 2. The number of ether oxygens (including phenoxy) is 2. The van der Waals surface area contributed by atoms with E-state index >= 15 is 0 Å². The van der Waals surface area contributed by atoms with Crippen LogP contribution >= 0.6 is 0 Å². The molecule has 1 saturated carbocycles. The number of aliphatic hydroxyl groups excluding tert-OH is 2. The van der Waals surface area contributed by atoms with Gasteiger partial charge in [-0.15, -0.1) is 0 Å². The molecule has 0 aromatic heterocycles. The lowest BCUT2D eigenvalue weighted by molar-refractivity contribution is 0.0765. The minimum Gasteiger partial charge on any atom is -0.478 e. The van der Waals surface area contributed by atoms with E-state index in [0.29, 0.717) is 13.5 Å². The minimum atomic E-state index is -0.292. The third-order valence-electron chi connectivity index (χ3n) is 8.25.